The average Bonchev–Trinajstić information content (AvgIpc) is 2.87. The Hall–Kier alpha value is -4.78. The van der Waals surface area contributed by atoms with Crippen LogP contribution in [0.15, 0.2) is 116 Å². The van der Waals surface area contributed by atoms with Gasteiger partial charge < -0.3 is 10.6 Å². The maximum Gasteiger partial charge on any atom is 0.141 e. The van der Waals surface area contributed by atoms with Gasteiger partial charge in [-0.25, -0.2) is 19.9 Å². The summed E-state index contributed by atoms with van der Waals surface area (Å²) in [7, 11) is 0. The molecule has 0 spiro atoms. The molecular formula is C26H21N7. The van der Waals surface area contributed by atoms with Crippen molar-refractivity contribution in [2.45, 2.75) is 0 Å². The first-order valence-electron chi connectivity index (χ1n) is 10.5. The van der Waals surface area contributed by atoms with Crippen LogP contribution < -0.4 is 15.5 Å². The predicted octanol–water partition coefficient (Wildman–Crippen LogP) is 6.22. The molecule has 7 nitrogen and oxygen atoms in total. The highest BCUT2D eigenvalue weighted by Crippen LogP contribution is 2.33. The summed E-state index contributed by atoms with van der Waals surface area (Å²) in [6.07, 6.45) is 3.49. The second-order valence-electron chi connectivity index (χ2n) is 7.11. The standard InChI is InChI=1S/C26H21N7/c1-2-10-20(11-3-1)33(25-16-8-14-23(31-25)29-21-12-4-6-18-27-21)26-17-9-15-24(32-26)30-22-13-5-7-19-28-22/h1-19H,(H,27,29,31)(H,28,30,32). The van der Waals surface area contributed by atoms with Gasteiger partial charge >= 0.3 is 0 Å². The van der Waals surface area contributed by atoms with E-state index < -0.39 is 0 Å². The monoisotopic (exact) mass is 431 g/mol. The molecule has 0 fully saturated rings. The van der Waals surface area contributed by atoms with Gasteiger partial charge in [0.1, 0.15) is 34.9 Å². The van der Waals surface area contributed by atoms with Crippen molar-refractivity contribution in [3.05, 3.63) is 116 Å². The van der Waals surface area contributed by atoms with Crippen LogP contribution in [0.25, 0.3) is 0 Å². The van der Waals surface area contributed by atoms with E-state index in [0.717, 1.165) is 29.0 Å². The number of rotatable bonds is 7. The summed E-state index contributed by atoms with van der Waals surface area (Å²) >= 11 is 0. The molecule has 0 amide bonds. The van der Waals surface area contributed by atoms with E-state index in [1.807, 2.05) is 108 Å². The highest BCUT2D eigenvalue weighted by atomic mass is 15.3. The first-order valence-corrected chi connectivity index (χ1v) is 10.5. The zero-order chi connectivity index (χ0) is 22.3. The fourth-order valence-electron chi connectivity index (χ4n) is 3.33. The van der Waals surface area contributed by atoms with Crippen LogP contribution in [0, 0.1) is 0 Å². The molecular weight excluding hydrogens is 410 g/mol. The fourth-order valence-corrected chi connectivity index (χ4v) is 3.33. The Bertz CT molecular complexity index is 1230. The number of aromatic nitrogens is 4. The van der Waals surface area contributed by atoms with Gasteiger partial charge in [0.15, 0.2) is 0 Å². The second-order valence-corrected chi connectivity index (χ2v) is 7.11. The fraction of sp³-hybridized carbons (Fsp3) is 0. The third-order valence-corrected chi connectivity index (χ3v) is 4.78. The molecule has 0 aliphatic carbocycles. The number of para-hydroxylation sites is 1. The lowest BCUT2D eigenvalue weighted by Gasteiger charge is -2.24. The molecule has 33 heavy (non-hydrogen) atoms. The van der Waals surface area contributed by atoms with Crippen LogP contribution in [-0.4, -0.2) is 19.9 Å². The molecule has 0 saturated carbocycles. The summed E-state index contributed by atoms with van der Waals surface area (Å²) in [5.74, 6) is 4.29. The van der Waals surface area contributed by atoms with Gasteiger partial charge in [0, 0.05) is 18.1 Å². The molecule has 4 heterocycles. The number of pyridine rings is 4. The first-order chi connectivity index (χ1) is 16.3. The lowest BCUT2D eigenvalue weighted by atomic mass is 10.2. The Kier molecular flexibility index (Phi) is 5.84. The van der Waals surface area contributed by atoms with Gasteiger partial charge in [-0.05, 0) is 60.7 Å². The molecule has 0 aliphatic rings. The average molecular weight is 432 g/mol. The normalized spacial score (nSPS) is 10.4. The van der Waals surface area contributed by atoms with Crippen molar-refractivity contribution in [2.75, 3.05) is 15.5 Å². The van der Waals surface area contributed by atoms with Crippen molar-refractivity contribution in [3.8, 4) is 0 Å². The Morgan fingerprint density at radius 3 is 1.42 bits per heavy atom. The molecule has 160 valence electrons. The molecule has 7 heteroatoms. The van der Waals surface area contributed by atoms with Crippen LogP contribution in [0.5, 0.6) is 0 Å². The van der Waals surface area contributed by atoms with Crippen molar-refractivity contribution in [1.29, 1.82) is 0 Å². The van der Waals surface area contributed by atoms with E-state index in [1.165, 1.54) is 0 Å². The zero-order valence-corrected chi connectivity index (χ0v) is 17.7. The molecule has 5 rings (SSSR count). The SMILES string of the molecule is c1ccc(N(c2cccc(Nc3ccccn3)n2)c2cccc(Nc3ccccn3)n2)cc1. The van der Waals surface area contributed by atoms with Crippen molar-refractivity contribution in [1.82, 2.24) is 19.9 Å². The molecule has 0 unspecified atom stereocenters. The van der Waals surface area contributed by atoms with Crippen LogP contribution in [0.2, 0.25) is 0 Å². The third kappa shape index (κ3) is 4.94. The van der Waals surface area contributed by atoms with Gasteiger partial charge in [0.05, 0.1) is 0 Å². The summed E-state index contributed by atoms with van der Waals surface area (Å²) in [6.45, 7) is 0. The van der Waals surface area contributed by atoms with Gasteiger partial charge in [0.25, 0.3) is 0 Å². The number of nitrogens with one attached hydrogen (secondary N) is 2. The largest absolute Gasteiger partial charge is 0.325 e. The predicted molar refractivity (Wildman–Crippen MR) is 132 cm³/mol. The van der Waals surface area contributed by atoms with E-state index in [9.17, 15) is 0 Å². The molecule has 5 aromatic rings. The van der Waals surface area contributed by atoms with Gasteiger partial charge in [-0.15, -0.1) is 0 Å². The van der Waals surface area contributed by atoms with E-state index in [-0.39, 0.29) is 0 Å². The van der Waals surface area contributed by atoms with Crippen LogP contribution in [0.4, 0.5) is 40.6 Å². The van der Waals surface area contributed by atoms with E-state index in [0.29, 0.717) is 11.6 Å². The third-order valence-electron chi connectivity index (χ3n) is 4.78. The maximum absolute atomic E-state index is 4.84. The van der Waals surface area contributed by atoms with Crippen molar-refractivity contribution in [2.24, 2.45) is 0 Å². The quantitative estimate of drug-likeness (QED) is 0.316. The number of hydrogen-bond donors (Lipinski definition) is 2. The smallest absolute Gasteiger partial charge is 0.141 e. The molecule has 1 aromatic carbocycles. The number of anilines is 7. The second kappa shape index (κ2) is 9.57. The van der Waals surface area contributed by atoms with Crippen LogP contribution in [-0.2, 0) is 0 Å². The van der Waals surface area contributed by atoms with Crippen molar-refractivity contribution < 1.29 is 0 Å². The Labute approximate surface area is 191 Å². The van der Waals surface area contributed by atoms with Crippen molar-refractivity contribution >= 4 is 40.6 Å². The highest BCUT2D eigenvalue weighted by Gasteiger charge is 2.16. The van der Waals surface area contributed by atoms with Crippen LogP contribution in [0.1, 0.15) is 0 Å². The van der Waals surface area contributed by atoms with E-state index >= 15 is 0 Å². The Morgan fingerprint density at radius 2 is 0.939 bits per heavy atom. The number of nitrogens with zero attached hydrogens (tertiary/aromatic N) is 5. The minimum absolute atomic E-state index is 0.690. The van der Waals surface area contributed by atoms with E-state index in [4.69, 9.17) is 9.97 Å². The van der Waals surface area contributed by atoms with Gasteiger partial charge in [-0.1, -0.05) is 42.5 Å². The summed E-state index contributed by atoms with van der Waals surface area (Å²) in [5.41, 5.74) is 0.947. The molecule has 0 saturated heterocycles. The van der Waals surface area contributed by atoms with Crippen LogP contribution >= 0.6 is 0 Å². The van der Waals surface area contributed by atoms with Gasteiger partial charge in [0.2, 0.25) is 0 Å². The lowest BCUT2D eigenvalue weighted by Crippen LogP contribution is -2.14. The topological polar surface area (TPSA) is 78.9 Å². The summed E-state index contributed by atoms with van der Waals surface area (Å²) in [5, 5.41) is 6.51. The zero-order valence-electron chi connectivity index (χ0n) is 17.7. The molecule has 0 aliphatic heterocycles. The first kappa shape index (κ1) is 20.1. The minimum Gasteiger partial charge on any atom is -0.325 e. The molecule has 4 aromatic heterocycles. The minimum atomic E-state index is 0.690. The van der Waals surface area contributed by atoms with Gasteiger partial charge in [-0.3, -0.25) is 4.90 Å². The maximum atomic E-state index is 4.84. The summed E-state index contributed by atoms with van der Waals surface area (Å²) in [6, 6.07) is 33.1. The summed E-state index contributed by atoms with van der Waals surface area (Å²) in [4.78, 5) is 20.3. The molecule has 0 radical (unpaired) electrons. The highest BCUT2D eigenvalue weighted by molar-refractivity contribution is 5.74. The lowest BCUT2D eigenvalue weighted by molar-refractivity contribution is 1.12. The molecule has 0 bridgehead atoms. The van der Waals surface area contributed by atoms with Crippen LogP contribution in [0.3, 0.4) is 0 Å². The molecule has 2 N–H and O–H groups in total. The number of benzene rings is 1. The summed E-state index contributed by atoms with van der Waals surface area (Å²) < 4.78 is 0. The Morgan fingerprint density at radius 1 is 0.455 bits per heavy atom. The van der Waals surface area contributed by atoms with Crippen molar-refractivity contribution in [3.63, 3.8) is 0 Å². The number of hydrogen-bond acceptors (Lipinski definition) is 7. The van der Waals surface area contributed by atoms with E-state index in [1.54, 1.807) is 12.4 Å². The molecule has 0 atom stereocenters. The Balaban J connectivity index is 1.52. The van der Waals surface area contributed by atoms with Gasteiger partial charge in [-0.2, -0.15) is 0 Å². The van der Waals surface area contributed by atoms with E-state index in [2.05, 4.69) is 20.6 Å².